The van der Waals surface area contributed by atoms with E-state index in [1.54, 1.807) is 37.3 Å². The molecule has 0 unspecified atom stereocenters. The van der Waals surface area contributed by atoms with Crippen molar-refractivity contribution in [1.82, 2.24) is 0 Å². The molecule has 2 rings (SSSR count). The molecule has 7 heteroatoms. The van der Waals surface area contributed by atoms with Gasteiger partial charge in [0.05, 0.1) is 19.3 Å². The van der Waals surface area contributed by atoms with E-state index in [0.29, 0.717) is 28.4 Å². The summed E-state index contributed by atoms with van der Waals surface area (Å²) in [6.07, 6.45) is 0. The third-order valence-corrected chi connectivity index (χ3v) is 3.42. The topological polar surface area (TPSA) is 79.5 Å². The van der Waals surface area contributed by atoms with Crippen molar-refractivity contribution in [3.8, 4) is 5.75 Å². The summed E-state index contributed by atoms with van der Waals surface area (Å²) in [6.45, 7) is 3.02. The van der Waals surface area contributed by atoms with Crippen LogP contribution in [0.5, 0.6) is 5.75 Å². The van der Waals surface area contributed by atoms with Crippen molar-refractivity contribution in [3.63, 3.8) is 0 Å². The molecule has 2 aromatic carbocycles. The molecule has 0 spiro atoms. The number of benzene rings is 2. The number of anilines is 3. The number of nitrogens with one attached hydrogen (secondary N) is 3. The maximum absolute atomic E-state index is 13.5. The SMILES string of the molecule is COc1ccc(NC(C)=O)cc1NC(=O)CNc1ccc(C)c(F)c1. The summed E-state index contributed by atoms with van der Waals surface area (Å²) in [5.74, 6) is -0.427. The summed E-state index contributed by atoms with van der Waals surface area (Å²) in [7, 11) is 1.48. The van der Waals surface area contributed by atoms with Crippen molar-refractivity contribution in [2.45, 2.75) is 13.8 Å². The molecule has 0 saturated heterocycles. The quantitative estimate of drug-likeness (QED) is 0.751. The molecule has 0 aromatic heterocycles. The molecule has 0 bridgehead atoms. The Labute approximate surface area is 145 Å². The average molecular weight is 345 g/mol. The highest BCUT2D eigenvalue weighted by Crippen LogP contribution is 2.27. The fourth-order valence-electron chi connectivity index (χ4n) is 2.17. The van der Waals surface area contributed by atoms with Crippen molar-refractivity contribution in [3.05, 3.63) is 47.8 Å². The fourth-order valence-corrected chi connectivity index (χ4v) is 2.17. The van der Waals surface area contributed by atoms with E-state index in [-0.39, 0.29) is 24.2 Å². The van der Waals surface area contributed by atoms with Crippen LogP contribution in [0.25, 0.3) is 0 Å². The Morgan fingerprint density at radius 1 is 1.08 bits per heavy atom. The fraction of sp³-hybridized carbons (Fsp3) is 0.222. The molecule has 2 amide bonds. The molecular weight excluding hydrogens is 325 g/mol. The third kappa shape index (κ3) is 5.20. The van der Waals surface area contributed by atoms with Gasteiger partial charge in [0.15, 0.2) is 0 Å². The van der Waals surface area contributed by atoms with E-state index in [4.69, 9.17) is 4.74 Å². The lowest BCUT2D eigenvalue weighted by Crippen LogP contribution is -2.22. The molecular formula is C18H20FN3O3. The number of hydrogen-bond donors (Lipinski definition) is 3. The van der Waals surface area contributed by atoms with Crippen molar-refractivity contribution < 1.29 is 18.7 Å². The Morgan fingerprint density at radius 2 is 1.80 bits per heavy atom. The number of carbonyl (C=O) groups is 2. The minimum Gasteiger partial charge on any atom is -0.495 e. The summed E-state index contributed by atoms with van der Waals surface area (Å²) in [4.78, 5) is 23.3. The van der Waals surface area contributed by atoms with Crippen LogP contribution < -0.4 is 20.7 Å². The molecule has 0 aliphatic heterocycles. The van der Waals surface area contributed by atoms with Gasteiger partial charge in [-0.1, -0.05) is 6.07 Å². The first-order chi connectivity index (χ1) is 11.9. The molecule has 0 atom stereocenters. The van der Waals surface area contributed by atoms with Gasteiger partial charge in [0.25, 0.3) is 0 Å². The van der Waals surface area contributed by atoms with Crippen molar-refractivity contribution in [2.24, 2.45) is 0 Å². The number of aryl methyl sites for hydroxylation is 1. The molecule has 0 aliphatic carbocycles. The Morgan fingerprint density at radius 3 is 2.44 bits per heavy atom. The van der Waals surface area contributed by atoms with E-state index < -0.39 is 0 Å². The minimum atomic E-state index is -0.338. The molecule has 25 heavy (non-hydrogen) atoms. The van der Waals surface area contributed by atoms with E-state index >= 15 is 0 Å². The molecule has 0 aliphatic rings. The largest absolute Gasteiger partial charge is 0.495 e. The molecule has 6 nitrogen and oxygen atoms in total. The zero-order valence-electron chi connectivity index (χ0n) is 14.3. The monoisotopic (exact) mass is 345 g/mol. The predicted octanol–water partition coefficient (Wildman–Crippen LogP) is 3.15. The highest BCUT2D eigenvalue weighted by molar-refractivity contribution is 5.96. The lowest BCUT2D eigenvalue weighted by atomic mass is 10.2. The summed E-state index contributed by atoms with van der Waals surface area (Å²) < 4.78 is 18.7. The first kappa shape index (κ1) is 18.3. The highest BCUT2D eigenvalue weighted by Gasteiger charge is 2.10. The van der Waals surface area contributed by atoms with E-state index in [0.717, 1.165) is 0 Å². The first-order valence-corrected chi connectivity index (χ1v) is 7.64. The Kier molecular flexibility index (Phi) is 5.94. The second-order valence-electron chi connectivity index (χ2n) is 5.46. The van der Waals surface area contributed by atoms with Crippen LogP contribution in [0.2, 0.25) is 0 Å². The summed E-state index contributed by atoms with van der Waals surface area (Å²) in [5, 5.41) is 8.19. The molecule has 132 valence electrons. The molecule has 0 radical (unpaired) electrons. The molecule has 2 aromatic rings. The number of amides is 2. The van der Waals surface area contributed by atoms with Crippen LogP contribution in [-0.4, -0.2) is 25.5 Å². The van der Waals surface area contributed by atoms with Crippen LogP contribution in [0.15, 0.2) is 36.4 Å². The van der Waals surface area contributed by atoms with Crippen LogP contribution >= 0.6 is 0 Å². The predicted molar refractivity (Wildman–Crippen MR) is 95.6 cm³/mol. The number of methoxy groups -OCH3 is 1. The maximum Gasteiger partial charge on any atom is 0.243 e. The van der Waals surface area contributed by atoms with Crippen LogP contribution in [0.1, 0.15) is 12.5 Å². The van der Waals surface area contributed by atoms with Crippen LogP contribution in [0, 0.1) is 12.7 Å². The lowest BCUT2D eigenvalue weighted by molar-refractivity contribution is -0.115. The summed E-state index contributed by atoms with van der Waals surface area (Å²) >= 11 is 0. The highest BCUT2D eigenvalue weighted by atomic mass is 19.1. The van der Waals surface area contributed by atoms with Gasteiger partial charge in [-0.05, 0) is 42.8 Å². The Bertz CT molecular complexity index is 793. The van der Waals surface area contributed by atoms with Gasteiger partial charge >= 0.3 is 0 Å². The standard InChI is InChI=1S/C18H20FN3O3/c1-11-4-5-13(8-15(11)19)20-10-18(24)22-16-9-14(21-12(2)23)6-7-17(16)25-3/h4-9,20H,10H2,1-3H3,(H,21,23)(H,22,24). The normalized spacial score (nSPS) is 10.1. The van der Waals surface area contributed by atoms with E-state index in [9.17, 15) is 14.0 Å². The van der Waals surface area contributed by atoms with E-state index in [2.05, 4.69) is 16.0 Å². The van der Waals surface area contributed by atoms with E-state index in [1.807, 2.05) is 0 Å². The van der Waals surface area contributed by atoms with Gasteiger partial charge in [-0.15, -0.1) is 0 Å². The van der Waals surface area contributed by atoms with Crippen molar-refractivity contribution in [1.29, 1.82) is 0 Å². The molecule has 0 saturated carbocycles. The zero-order valence-corrected chi connectivity index (χ0v) is 14.3. The molecule has 0 heterocycles. The van der Waals surface area contributed by atoms with Gasteiger partial charge < -0.3 is 20.7 Å². The Hall–Kier alpha value is -3.09. The van der Waals surface area contributed by atoms with Crippen LogP contribution in [0.4, 0.5) is 21.5 Å². The number of halogens is 1. The smallest absolute Gasteiger partial charge is 0.243 e. The number of rotatable bonds is 6. The van der Waals surface area contributed by atoms with Crippen molar-refractivity contribution >= 4 is 28.9 Å². The maximum atomic E-state index is 13.5. The Balaban J connectivity index is 2.03. The average Bonchev–Trinajstić information content (AvgIpc) is 2.56. The van der Waals surface area contributed by atoms with Crippen molar-refractivity contribution in [2.75, 3.05) is 29.6 Å². The van der Waals surface area contributed by atoms with Gasteiger partial charge in [-0.2, -0.15) is 0 Å². The second kappa shape index (κ2) is 8.14. The number of hydrogen-bond acceptors (Lipinski definition) is 4. The third-order valence-electron chi connectivity index (χ3n) is 3.42. The van der Waals surface area contributed by atoms with Gasteiger partial charge in [-0.25, -0.2) is 4.39 Å². The first-order valence-electron chi connectivity index (χ1n) is 7.64. The summed E-state index contributed by atoms with van der Waals surface area (Å²) in [5.41, 5.74) is 2.01. The molecule has 0 fully saturated rings. The van der Waals surface area contributed by atoms with Gasteiger partial charge in [-0.3, -0.25) is 9.59 Å². The molecule has 3 N–H and O–H groups in total. The van der Waals surface area contributed by atoms with Crippen LogP contribution in [0.3, 0.4) is 0 Å². The number of ether oxygens (including phenoxy) is 1. The van der Waals surface area contributed by atoms with Crippen LogP contribution in [-0.2, 0) is 9.59 Å². The van der Waals surface area contributed by atoms with Gasteiger partial charge in [0.1, 0.15) is 11.6 Å². The number of carbonyl (C=O) groups excluding carboxylic acids is 2. The van der Waals surface area contributed by atoms with Gasteiger partial charge in [0.2, 0.25) is 11.8 Å². The van der Waals surface area contributed by atoms with E-state index in [1.165, 1.54) is 20.1 Å². The van der Waals surface area contributed by atoms with Gasteiger partial charge in [0, 0.05) is 18.3 Å². The second-order valence-corrected chi connectivity index (χ2v) is 5.46. The minimum absolute atomic E-state index is 0.0456. The summed E-state index contributed by atoms with van der Waals surface area (Å²) in [6, 6.07) is 9.58. The lowest BCUT2D eigenvalue weighted by Gasteiger charge is -2.13. The zero-order chi connectivity index (χ0) is 18.4.